The molecule has 0 bridgehead atoms. The number of quaternary nitrogens is 1. The number of epoxide rings is 1. The minimum Gasteiger partial charge on any atom is -0.466 e. The molecule has 0 amide bonds. The first-order valence-electron chi connectivity index (χ1n) is 10.8. The Morgan fingerprint density at radius 1 is 1.33 bits per heavy atom. The van der Waals surface area contributed by atoms with Crippen molar-refractivity contribution in [1.82, 2.24) is 0 Å². The molecule has 4 heterocycles. The second-order valence-corrected chi connectivity index (χ2v) is 9.42. The van der Waals surface area contributed by atoms with E-state index in [-0.39, 0.29) is 41.7 Å². The number of nitrogens with one attached hydrogen (secondary N) is 2. The zero-order valence-electron chi connectivity index (χ0n) is 17.5. The lowest BCUT2D eigenvalue weighted by Crippen LogP contribution is -3.19. The quantitative estimate of drug-likeness (QED) is 0.559. The van der Waals surface area contributed by atoms with Crippen LogP contribution in [0.1, 0.15) is 32.3 Å². The van der Waals surface area contributed by atoms with Gasteiger partial charge < -0.3 is 24.4 Å². The van der Waals surface area contributed by atoms with Gasteiger partial charge in [-0.15, -0.1) is 0 Å². The number of anilines is 1. The molecule has 3 fully saturated rings. The zero-order valence-corrected chi connectivity index (χ0v) is 17.5. The largest absolute Gasteiger partial charge is 0.466 e. The standard InChI is InChI=1S/C23H26N2O5/c1-12(29-13(2)26)23-10-14(20(27)28-3)18-22(15-6-4-5-7-16(15)24-18)8-9-25(21(22)23)11-17-19(23)30-17/h4-7,12,17,19,21,24H,8-11H2,1-3H3/p+1/t12-,17+,19+,21-,22+,23+/m1/s1. The van der Waals surface area contributed by atoms with Crippen molar-refractivity contribution in [2.24, 2.45) is 5.41 Å². The van der Waals surface area contributed by atoms with Crippen molar-refractivity contribution in [1.29, 1.82) is 0 Å². The Balaban J connectivity index is 1.63. The molecule has 0 radical (unpaired) electrons. The summed E-state index contributed by atoms with van der Waals surface area (Å²) in [5, 5.41) is 3.60. The molecule has 4 aliphatic heterocycles. The molecule has 1 unspecified atom stereocenters. The lowest BCUT2D eigenvalue weighted by atomic mass is 9.52. The number of rotatable bonds is 3. The molecule has 158 valence electrons. The molecule has 7 nitrogen and oxygen atoms in total. The first-order chi connectivity index (χ1) is 14.4. The Morgan fingerprint density at radius 2 is 2.13 bits per heavy atom. The van der Waals surface area contributed by atoms with Crippen molar-refractivity contribution in [2.45, 2.75) is 56.5 Å². The molecular formula is C23H27N2O5+. The number of esters is 2. The maximum Gasteiger partial charge on any atom is 0.335 e. The van der Waals surface area contributed by atoms with Crippen molar-refractivity contribution >= 4 is 17.6 Å². The van der Waals surface area contributed by atoms with Crippen molar-refractivity contribution < 1.29 is 28.7 Å². The Hall–Kier alpha value is -2.38. The van der Waals surface area contributed by atoms with Crippen LogP contribution >= 0.6 is 0 Å². The van der Waals surface area contributed by atoms with Gasteiger partial charge in [-0.3, -0.25) is 4.79 Å². The zero-order chi connectivity index (χ0) is 20.8. The topological polar surface area (TPSA) is 81.6 Å². The molecule has 0 aromatic heterocycles. The number of benzene rings is 1. The first kappa shape index (κ1) is 18.4. The van der Waals surface area contributed by atoms with E-state index in [1.807, 2.05) is 13.0 Å². The summed E-state index contributed by atoms with van der Waals surface area (Å²) in [5.41, 5.74) is 3.16. The minimum absolute atomic E-state index is 0.00968. The molecule has 3 saturated heterocycles. The number of carbonyl (C=O) groups excluding carboxylic acids is 2. The molecule has 1 aliphatic carbocycles. The monoisotopic (exact) mass is 411 g/mol. The van der Waals surface area contributed by atoms with E-state index < -0.39 is 5.41 Å². The summed E-state index contributed by atoms with van der Waals surface area (Å²) in [6.07, 6.45) is 1.22. The Morgan fingerprint density at radius 3 is 2.90 bits per heavy atom. The van der Waals surface area contributed by atoms with Gasteiger partial charge in [0.05, 0.1) is 30.1 Å². The SMILES string of the molecule is COC(=O)C1=C2Nc3ccccc3[C@@]23CC[NH+]2C[C@@H]4O[C@@H]4[C@@]([C@@H](C)OC(C)=O)(C1)[C@H]23. The third kappa shape index (κ3) is 2.02. The lowest BCUT2D eigenvalue weighted by molar-refractivity contribution is -0.927. The van der Waals surface area contributed by atoms with Crippen molar-refractivity contribution in [3.05, 3.63) is 41.1 Å². The van der Waals surface area contributed by atoms with Crippen LogP contribution in [0, 0.1) is 5.41 Å². The van der Waals surface area contributed by atoms with E-state index in [1.165, 1.54) is 24.5 Å². The molecule has 7 atom stereocenters. The molecule has 7 heteroatoms. The van der Waals surface area contributed by atoms with Gasteiger partial charge in [-0.05, 0) is 25.0 Å². The molecule has 1 spiro atoms. The number of ether oxygens (including phenoxy) is 3. The Labute approximate surface area is 175 Å². The molecule has 2 N–H and O–H groups in total. The van der Waals surface area contributed by atoms with Crippen molar-refractivity contribution in [3.63, 3.8) is 0 Å². The van der Waals surface area contributed by atoms with Gasteiger partial charge in [0.1, 0.15) is 30.9 Å². The third-order valence-corrected chi connectivity index (χ3v) is 8.28. The van der Waals surface area contributed by atoms with E-state index in [0.29, 0.717) is 12.0 Å². The van der Waals surface area contributed by atoms with Gasteiger partial charge in [0.2, 0.25) is 0 Å². The summed E-state index contributed by atoms with van der Waals surface area (Å²) >= 11 is 0. The van der Waals surface area contributed by atoms with E-state index in [9.17, 15) is 9.59 Å². The van der Waals surface area contributed by atoms with Crippen molar-refractivity contribution in [3.8, 4) is 0 Å². The summed E-state index contributed by atoms with van der Waals surface area (Å²) < 4.78 is 17.3. The van der Waals surface area contributed by atoms with Crippen LogP contribution in [0.4, 0.5) is 5.69 Å². The minimum atomic E-state index is -0.466. The van der Waals surface area contributed by atoms with Gasteiger partial charge in [-0.2, -0.15) is 0 Å². The number of fused-ring (bicyclic) bond motifs is 3. The van der Waals surface area contributed by atoms with E-state index in [1.54, 1.807) is 0 Å². The molecular weight excluding hydrogens is 384 g/mol. The smallest absolute Gasteiger partial charge is 0.335 e. The molecule has 30 heavy (non-hydrogen) atoms. The van der Waals surface area contributed by atoms with Gasteiger partial charge >= 0.3 is 11.9 Å². The van der Waals surface area contributed by atoms with E-state index >= 15 is 0 Å². The average Bonchev–Trinajstić information content (AvgIpc) is 3.30. The maximum absolute atomic E-state index is 13.0. The van der Waals surface area contributed by atoms with Crippen LogP contribution in [0.3, 0.4) is 0 Å². The highest BCUT2D eigenvalue weighted by Crippen LogP contribution is 2.64. The molecule has 1 aromatic carbocycles. The van der Waals surface area contributed by atoms with Gasteiger partial charge in [-0.25, -0.2) is 4.79 Å². The number of hydrogen-bond acceptors (Lipinski definition) is 6. The van der Waals surface area contributed by atoms with Crippen LogP contribution in [0.2, 0.25) is 0 Å². The maximum atomic E-state index is 13.0. The highest BCUT2D eigenvalue weighted by Gasteiger charge is 2.79. The average molecular weight is 411 g/mol. The third-order valence-electron chi connectivity index (χ3n) is 8.28. The summed E-state index contributed by atoms with van der Waals surface area (Å²) in [6, 6.07) is 8.52. The van der Waals surface area contributed by atoms with Gasteiger partial charge in [-0.1, -0.05) is 18.2 Å². The molecule has 5 aliphatic rings. The van der Waals surface area contributed by atoms with Gasteiger partial charge in [0, 0.05) is 24.7 Å². The predicted molar refractivity (Wildman–Crippen MR) is 107 cm³/mol. The van der Waals surface area contributed by atoms with Crippen molar-refractivity contribution in [2.75, 3.05) is 25.5 Å². The summed E-state index contributed by atoms with van der Waals surface area (Å²) in [5.74, 6) is -0.610. The van der Waals surface area contributed by atoms with Crippen LogP contribution in [0.25, 0.3) is 0 Å². The second-order valence-electron chi connectivity index (χ2n) is 9.42. The summed E-state index contributed by atoms with van der Waals surface area (Å²) in [4.78, 5) is 26.5. The number of piperidine rings is 1. The van der Waals surface area contributed by atoms with Crippen LogP contribution in [-0.2, 0) is 29.2 Å². The van der Waals surface area contributed by atoms with Crippen LogP contribution in [-0.4, -0.2) is 56.5 Å². The summed E-state index contributed by atoms with van der Waals surface area (Å²) in [7, 11) is 1.43. The highest BCUT2D eigenvalue weighted by atomic mass is 16.6. The number of carbonyl (C=O) groups is 2. The Kier molecular flexibility index (Phi) is 3.59. The fourth-order valence-corrected chi connectivity index (χ4v) is 7.38. The Bertz CT molecular complexity index is 1010. The van der Waals surface area contributed by atoms with E-state index in [0.717, 1.165) is 30.9 Å². The summed E-state index contributed by atoms with van der Waals surface area (Å²) in [6.45, 7) is 5.39. The van der Waals surface area contributed by atoms with Gasteiger partial charge in [0.25, 0.3) is 0 Å². The fourth-order valence-electron chi connectivity index (χ4n) is 7.38. The van der Waals surface area contributed by atoms with E-state index in [4.69, 9.17) is 14.2 Å². The first-order valence-corrected chi connectivity index (χ1v) is 10.8. The molecule has 6 rings (SSSR count). The van der Waals surface area contributed by atoms with Crippen LogP contribution < -0.4 is 10.2 Å². The normalized spacial score (nSPS) is 40.4. The lowest BCUT2D eigenvalue weighted by Gasteiger charge is -2.53. The molecule has 1 aromatic rings. The van der Waals surface area contributed by atoms with E-state index in [2.05, 4.69) is 23.5 Å². The predicted octanol–water partition coefficient (Wildman–Crippen LogP) is 0.557. The molecule has 0 saturated carbocycles. The highest BCUT2D eigenvalue weighted by molar-refractivity contribution is 5.93. The second kappa shape index (κ2) is 5.86. The fraction of sp³-hybridized carbons (Fsp3) is 0.565. The van der Waals surface area contributed by atoms with Gasteiger partial charge in [0.15, 0.2) is 0 Å². The number of hydrogen-bond donors (Lipinski definition) is 2. The number of methoxy groups -OCH3 is 1. The van der Waals surface area contributed by atoms with Crippen LogP contribution in [0.5, 0.6) is 0 Å². The van der Waals surface area contributed by atoms with Crippen LogP contribution in [0.15, 0.2) is 35.5 Å². The number of para-hydroxylation sites is 1.